The zero-order valence-electron chi connectivity index (χ0n) is 22.9. The molecule has 0 radical (unpaired) electrons. The summed E-state index contributed by atoms with van der Waals surface area (Å²) in [5.74, 6) is 1.01. The van der Waals surface area contributed by atoms with Crippen LogP contribution in [0.3, 0.4) is 0 Å². The molecule has 0 spiro atoms. The first-order valence-corrected chi connectivity index (χ1v) is 12.9. The van der Waals surface area contributed by atoms with Crippen LogP contribution >= 0.6 is 0 Å². The summed E-state index contributed by atoms with van der Waals surface area (Å²) in [7, 11) is 3.19. The molecule has 2 aliphatic rings. The highest BCUT2D eigenvalue weighted by Crippen LogP contribution is 2.51. The molecule has 0 bridgehead atoms. The number of benzene rings is 3. The van der Waals surface area contributed by atoms with Crippen molar-refractivity contribution in [3.8, 4) is 28.4 Å². The quantitative estimate of drug-likeness (QED) is 0.237. The molecule has 9 heteroatoms. The summed E-state index contributed by atoms with van der Waals surface area (Å²) in [5, 5.41) is 7.11. The monoisotopic (exact) mass is 539 g/mol. The molecule has 1 amide bonds. The topological polar surface area (TPSA) is 93.5 Å². The van der Waals surface area contributed by atoms with E-state index in [0.717, 1.165) is 33.8 Å². The van der Waals surface area contributed by atoms with Gasteiger partial charge in [0.25, 0.3) is 5.91 Å². The molecular formula is C31H29N3O6. The average Bonchev–Trinajstić information content (AvgIpc) is 3.56. The average molecular weight is 540 g/mol. The molecular weight excluding hydrogens is 510 g/mol. The first kappa shape index (κ1) is 25.4. The van der Waals surface area contributed by atoms with E-state index >= 15 is 0 Å². The number of carbonyl (C=O) groups is 2. The molecule has 0 aliphatic carbocycles. The van der Waals surface area contributed by atoms with Gasteiger partial charge >= 0.3 is 5.97 Å². The summed E-state index contributed by atoms with van der Waals surface area (Å²) < 4.78 is 22.2. The normalized spacial score (nSPS) is 15.0. The Balaban J connectivity index is 1.44. The number of ether oxygens (including phenoxy) is 3. The molecule has 9 nitrogen and oxygen atoms in total. The molecule has 2 aliphatic heterocycles. The van der Waals surface area contributed by atoms with Crippen molar-refractivity contribution in [3.63, 3.8) is 0 Å². The lowest BCUT2D eigenvalue weighted by atomic mass is 9.93. The van der Waals surface area contributed by atoms with Gasteiger partial charge in [-0.1, -0.05) is 18.2 Å². The molecule has 3 heterocycles. The van der Waals surface area contributed by atoms with Gasteiger partial charge in [-0.15, -0.1) is 0 Å². The maximum absolute atomic E-state index is 13.8. The maximum atomic E-state index is 13.8. The van der Waals surface area contributed by atoms with E-state index in [9.17, 15) is 9.59 Å². The number of aryl methyl sites for hydroxylation is 1. The Morgan fingerprint density at radius 2 is 1.73 bits per heavy atom. The van der Waals surface area contributed by atoms with Gasteiger partial charge in [-0.2, -0.15) is 0 Å². The van der Waals surface area contributed by atoms with Crippen molar-refractivity contribution < 1.29 is 28.2 Å². The number of nitrogens with one attached hydrogen (secondary N) is 1. The van der Waals surface area contributed by atoms with Crippen LogP contribution in [0.5, 0.6) is 17.2 Å². The Morgan fingerprint density at radius 1 is 0.975 bits per heavy atom. The number of methoxy groups -OCH3 is 2. The number of carbonyl (C=O) groups excluding carboxylic acids is 2. The van der Waals surface area contributed by atoms with E-state index in [0.29, 0.717) is 29.4 Å². The number of furan rings is 1. The smallest absolute Gasteiger partial charge is 0.379 e. The molecule has 40 heavy (non-hydrogen) atoms. The van der Waals surface area contributed by atoms with E-state index in [1.165, 1.54) is 6.26 Å². The van der Waals surface area contributed by atoms with E-state index in [1.54, 1.807) is 44.4 Å². The molecule has 6 rings (SSSR count). The summed E-state index contributed by atoms with van der Waals surface area (Å²) >= 11 is 0. The SMILES string of the molecule is COc1cc(OC(=O)c2occc2C)ccc1-c1ccc2c3c1CN(c1ccccc1OC)N3C(=O)C(C)(C)N2. The third-order valence-corrected chi connectivity index (χ3v) is 7.30. The second kappa shape index (κ2) is 9.37. The van der Waals surface area contributed by atoms with Gasteiger partial charge in [0.2, 0.25) is 5.76 Å². The Morgan fingerprint density at radius 3 is 2.45 bits per heavy atom. The molecule has 0 saturated carbocycles. The summed E-state index contributed by atoms with van der Waals surface area (Å²) in [6.45, 7) is 5.96. The highest BCUT2D eigenvalue weighted by molar-refractivity contribution is 6.12. The standard InChI is InChI=1S/C31H29N3O6/c1-18-14-15-39-28(18)29(35)40-19-10-11-21(26(16-19)38-5)20-12-13-23-27-22(20)17-33(24-8-6-7-9-25(24)37-4)34(27)30(36)31(2,3)32-23/h6-16,32H,17H2,1-5H3. The van der Waals surface area contributed by atoms with Crippen LogP contribution in [-0.2, 0) is 11.3 Å². The predicted octanol–water partition coefficient (Wildman–Crippen LogP) is 5.96. The van der Waals surface area contributed by atoms with Crippen LogP contribution in [0.4, 0.5) is 17.1 Å². The molecule has 0 atom stereocenters. The number of hydrazine groups is 1. The van der Waals surface area contributed by atoms with E-state index in [2.05, 4.69) is 5.32 Å². The van der Waals surface area contributed by atoms with Crippen LogP contribution in [-0.4, -0.2) is 31.6 Å². The van der Waals surface area contributed by atoms with Crippen molar-refractivity contribution in [1.29, 1.82) is 0 Å². The molecule has 204 valence electrons. The minimum atomic E-state index is -0.814. The Kier molecular flexibility index (Phi) is 5.94. The number of para-hydroxylation sites is 2. The fraction of sp³-hybridized carbons (Fsp3) is 0.226. The number of anilines is 3. The lowest BCUT2D eigenvalue weighted by Crippen LogP contribution is -2.57. The Labute approximate surface area is 231 Å². The fourth-order valence-corrected chi connectivity index (χ4v) is 5.33. The number of esters is 1. The van der Waals surface area contributed by atoms with Gasteiger partial charge in [-0.25, -0.2) is 9.80 Å². The van der Waals surface area contributed by atoms with Crippen LogP contribution in [0, 0.1) is 6.92 Å². The maximum Gasteiger partial charge on any atom is 0.379 e. The van der Waals surface area contributed by atoms with E-state index in [1.807, 2.05) is 61.3 Å². The lowest BCUT2D eigenvalue weighted by molar-refractivity contribution is -0.122. The second-order valence-corrected chi connectivity index (χ2v) is 10.3. The fourth-order valence-electron chi connectivity index (χ4n) is 5.33. The van der Waals surface area contributed by atoms with Gasteiger partial charge in [-0.3, -0.25) is 9.80 Å². The number of hydrogen-bond donors (Lipinski definition) is 1. The largest absolute Gasteiger partial charge is 0.496 e. The third-order valence-electron chi connectivity index (χ3n) is 7.30. The van der Waals surface area contributed by atoms with Crippen LogP contribution < -0.4 is 29.5 Å². The number of nitrogens with zero attached hydrogens (tertiary/aromatic N) is 2. The minimum Gasteiger partial charge on any atom is -0.496 e. The van der Waals surface area contributed by atoms with Crippen molar-refractivity contribution in [3.05, 3.63) is 83.8 Å². The molecule has 0 saturated heterocycles. The van der Waals surface area contributed by atoms with Crippen LogP contribution in [0.1, 0.15) is 35.5 Å². The summed E-state index contributed by atoms with van der Waals surface area (Å²) in [4.78, 5) is 26.4. The first-order valence-electron chi connectivity index (χ1n) is 12.9. The first-order chi connectivity index (χ1) is 19.2. The zero-order valence-corrected chi connectivity index (χ0v) is 22.9. The van der Waals surface area contributed by atoms with E-state index in [4.69, 9.17) is 18.6 Å². The second-order valence-electron chi connectivity index (χ2n) is 10.3. The molecule has 1 aromatic heterocycles. The van der Waals surface area contributed by atoms with Gasteiger partial charge in [-0.05, 0) is 62.7 Å². The highest BCUT2D eigenvalue weighted by atomic mass is 16.5. The number of amides is 1. The van der Waals surface area contributed by atoms with Crippen LogP contribution in [0.15, 0.2) is 71.3 Å². The van der Waals surface area contributed by atoms with Crippen molar-refractivity contribution in [2.45, 2.75) is 32.9 Å². The van der Waals surface area contributed by atoms with Crippen LogP contribution in [0.2, 0.25) is 0 Å². The summed E-state index contributed by atoms with van der Waals surface area (Å²) in [6.07, 6.45) is 1.45. The van der Waals surface area contributed by atoms with Crippen molar-refractivity contribution >= 4 is 28.9 Å². The van der Waals surface area contributed by atoms with Crippen molar-refractivity contribution in [1.82, 2.24) is 0 Å². The molecule has 3 aromatic carbocycles. The summed E-state index contributed by atoms with van der Waals surface area (Å²) in [5.41, 5.74) is 4.96. The van der Waals surface area contributed by atoms with Crippen LogP contribution in [0.25, 0.3) is 11.1 Å². The minimum absolute atomic E-state index is 0.0794. The van der Waals surface area contributed by atoms with Crippen molar-refractivity contribution in [2.24, 2.45) is 0 Å². The lowest BCUT2D eigenvalue weighted by Gasteiger charge is -2.41. The van der Waals surface area contributed by atoms with E-state index < -0.39 is 11.5 Å². The van der Waals surface area contributed by atoms with Crippen molar-refractivity contribution in [2.75, 3.05) is 29.6 Å². The molecule has 1 N–H and O–H groups in total. The molecule has 0 unspecified atom stereocenters. The Hall–Kier alpha value is -4.92. The zero-order chi connectivity index (χ0) is 28.2. The number of rotatable bonds is 6. The highest BCUT2D eigenvalue weighted by Gasteiger charge is 2.47. The number of hydrogen-bond acceptors (Lipinski definition) is 8. The Bertz CT molecular complexity index is 1660. The predicted molar refractivity (Wildman–Crippen MR) is 151 cm³/mol. The molecule has 4 aromatic rings. The molecule has 0 fully saturated rings. The van der Waals surface area contributed by atoms with Gasteiger partial charge in [0.05, 0.1) is 38.4 Å². The summed E-state index contributed by atoms with van der Waals surface area (Å²) in [6, 6.07) is 18.6. The van der Waals surface area contributed by atoms with E-state index in [-0.39, 0.29) is 11.7 Å². The van der Waals surface area contributed by atoms with Gasteiger partial charge in [0.15, 0.2) is 0 Å². The van der Waals surface area contributed by atoms with Gasteiger partial charge in [0.1, 0.15) is 28.5 Å². The third kappa shape index (κ3) is 3.93. The van der Waals surface area contributed by atoms with Gasteiger partial charge < -0.3 is 23.9 Å². The van der Waals surface area contributed by atoms with Gasteiger partial charge in [0, 0.05) is 22.8 Å².